The number of rotatable bonds is 4. The Kier molecular flexibility index (Phi) is 5.37. The number of hydrogen-bond donors (Lipinski definition) is 1. The Hall–Kier alpha value is -2.05. The van der Waals surface area contributed by atoms with Gasteiger partial charge < -0.3 is 14.6 Å². The number of nitrogens with one attached hydrogen (secondary N) is 1. The second-order valence-corrected chi connectivity index (χ2v) is 6.16. The van der Waals surface area contributed by atoms with Crippen LogP contribution in [-0.4, -0.2) is 53.5 Å². The van der Waals surface area contributed by atoms with Crippen LogP contribution < -0.4 is 5.32 Å². The zero-order valence-corrected chi connectivity index (χ0v) is 14.4. The normalized spacial score (nSPS) is 15.5. The lowest BCUT2D eigenvalue weighted by Crippen LogP contribution is -2.51. The van der Waals surface area contributed by atoms with E-state index >= 15 is 0 Å². The molecule has 0 atom stereocenters. The number of hydrogen-bond acceptors (Lipinski definition) is 4. The van der Waals surface area contributed by atoms with Crippen molar-refractivity contribution in [1.82, 2.24) is 20.1 Å². The Morgan fingerprint density at radius 1 is 1.33 bits per heavy atom. The van der Waals surface area contributed by atoms with Gasteiger partial charge in [-0.2, -0.15) is 0 Å². The molecule has 0 unspecified atom stereocenters. The fourth-order valence-electron chi connectivity index (χ4n) is 2.72. The average Bonchev–Trinajstić information content (AvgIpc) is 3.04. The molecule has 3 rings (SSSR count). The van der Waals surface area contributed by atoms with Crippen molar-refractivity contribution in [3.63, 3.8) is 0 Å². The van der Waals surface area contributed by atoms with Crippen molar-refractivity contribution >= 4 is 17.6 Å². The molecule has 1 aromatic heterocycles. The van der Waals surface area contributed by atoms with E-state index in [2.05, 4.69) is 15.2 Å². The van der Waals surface area contributed by atoms with E-state index in [1.165, 1.54) is 0 Å². The number of carbonyl (C=O) groups excluding carboxylic acids is 1. The number of amides is 2. The first-order valence-electron chi connectivity index (χ1n) is 8.11. The van der Waals surface area contributed by atoms with E-state index in [4.69, 9.17) is 16.0 Å². The maximum atomic E-state index is 11.8. The Bertz CT molecular complexity index is 695. The van der Waals surface area contributed by atoms with E-state index in [1.807, 2.05) is 36.1 Å². The first kappa shape index (κ1) is 16.8. The van der Waals surface area contributed by atoms with Crippen LogP contribution >= 0.6 is 11.6 Å². The van der Waals surface area contributed by atoms with Crippen molar-refractivity contribution in [3.8, 4) is 11.3 Å². The highest BCUT2D eigenvalue weighted by molar-refractivity contribution is 6.30. The lowest BCUT2D eigenvalue weighted by atomic mass is 10.2. The summed E-state index contributed by atoms with van der Waals surface area (Å²) < 4.78 is 5.84. The Labute approximate surface area is 146 Å². The fourth-order valence-corrected chi connectivity index (χ4v) is 2.91. The number of carbonyl (C=O) groups is 1. The molecular weight excluding hydrogens is 328 g/mol. The average molecular weight is 349 g/mol. The first-order valence-corrected chi connectivity index (χ1v) is 8.49. The molecule has 7 heteroatoms. The molecule has 1 fully saturated rings. The van der Waals surface area contributed by atoms with Crippen LogP contribution in [0.2, 0.25) is 5.02 Å². The molecule has 2 heterocycles. The van der Waals surface area contributed by atoms with Crippen LogP contribution in [0, 0.1) is 0 Å². The molecule has 1 aliphatic heterocycles. The molecule has 2 amide bonds. The summed E-state index contributed by atoms with van der Waals surface area (Å²) in [4.78, 5) is 20.2. The largest absolute Gasteiger partial charge is 0.439 e. The number of aromatic nitrogens is 1. The Morgan fingerprint density at radius 3 is 2.83 bits per heavy atom. The monoisotopic (exact) mass is 348 g/mol. The second kappa shape index (κ2) is 7.68. The summed E-state index contributed by atoms with van der Waals surface area (Å²) in [6, 6.07) is 7.53. The number of nitrogens with zero attached hydrogens (tertiary/aromatic N) is 3. The van der Waals surface area contributed by atoms with Crippen molar-refractivity contribution in [3.05, 3.63) is 41.4 Å². The molecule has 0 spiro atoms. The predicted octanol–water partition coefficient (Wildman–Crippen LogP) is 2.84. The van der Waals surface area contributed by atoms with Gasteiger partial charge in [-0.3, -0.25) is 4.90 Å². The van der Waals surface area contributed by atoms with Gasteiger partial charge in [0.1, 0.15) is 0 Å². The van der Waals surface area contributed by atoms with E-state index in [1.54, 1.807) is 6.20 Å². The number of oxazole rings is 1. The summed E-state index contributed by atoms with van der Waals surface area (Å²) in [5, 5.41) is 3.51. The number of piperazine rings is 1. The van der Waals surface area contributed by atoms with E-state index in [0.717, 1.165) is 18.7 Å². The standard InChI is InChI=1S/C17H21ClN4O2/c1-2-19-17(23)22-8-6-21(7-9-22)12-16-20-11-15(24-16)13-4-3-5-14(18)10-13/h3-5,10-11H,2,6-9,12H2,1H3,(H,19,23). The lowest BCUT2D eigenvalue weighted by molar-refractivity contribution is 0.129. The van der Waals surface area contributed by atoms with Crippen LogP contribution in [0.3, 0.4) is 0 Å². The van der Waals surface area contributed by atoms with Crippen LogP contribution in [0.15, 0.2) is 34.9 Å². The van der Waals surface area contributed by atoms with Gasteiger partial charge in [-0.15, -0.1) is 0 Å². The molecule has 24 heavy (non-hydrogen) atoms. The van der Waals surface area contributed by atoms with Gasteiger partial charge in [0, 0.05) is 43.3 Å². The van der Waals surface area contributed by atoms with Gasteiger partial charge in [-0.25, -0.2) is 9.78 Å². The zero-order chi connectivity index (χ0) is 16.9. The van der Waals surface area contributed by atoms with E-state index in [0.29, 0.717) is 42.9 Å². The molecule has 1 aromatic carbocycles. The zero-order valence-electron chi connectivity index (χ0n) is 13.7. The lowest BCUT2D eigenvalue weighted by Gasteiger charge is -2.33. The summed E-state index contributed by atoms with van der Waals surface area (Å²) in [5.41, 5.74) is 0.919. The minimum absolute atomic E-state index is 0.0107. The molecular formula is C17H21ClN4O2. The third kappa shape index (κ3) is 4.07. The van der Waals surface area contributed by atoms with Crippen LogP contribution in [-0.2, 0) is 6.54 Å². The highest BCUT2D eigenvalue weighted by Crippen LogP contribution is 2.24. The minimum atomic E-state index is 0.0107. The van der Waals surface area contributed by atoms with Gasteiger partial charge in [0.25, 0.3) is 0 Å². The summed E-state index contributed by atoms with van der Waals surface area (Å²) in [5.74, 6) is 1.39. The van der Waals surface area contributed by atoms with Crippen LogP contribution in [0.1, 0.15) is 12.8 Å². The van der Waals surface area contributed by atoms with E-state index in [-0.39, 0.29) is 6.03 Å². The Morgan fingerprint density at radius 2 is 2.12 bits per heavy atom. The minimum Gasteiger partial charge on any atom is -0.439 e. The van der Waals surface area contributed by atoms with Crippen molar-refractivity contribution in [2.24, 2.45) is 0 Å². The molecule has 0 bridgehead atoms. The summed E-state index contributed by atoms with van der Waals surface area (Å²) in [6.07, 6.45) is 1.73. The number of benzene rings is 1. The van der Waals surface area contributed by atoms with Gasteiger partial charge >= 0.3 is 6.03 Å². The molecule has 2 aromatic rings. The predicted molar refractivity (Wildman–Crippen MR) is 92.9 cm³/mol. The first-order chi connectivity index (χ1) is 11.7. The van der Waals surface area contributed by atoms with Crippen molar-refractivity contribution < 1.29 is 9.21 Å². The van der Waals surface area contributed by atoms with Crippen molar-refractivity contribution in [1.29, 1.82) is 0 Å². The highest BCUT2D eigenvalue weighted by Gasteiger charge is 2.21. The van der Waals surface area contributed by atoms with Gasteiger partial charge in [0.15, 0.2) is 5.76 Å². The summed E-state index contributed by atoms with van der Waals surface area (Å²) >= 11 is 6.01. The van der Waals surface area contributed by atoms with E-state index < -0.39 is 0 Å². The maximum absolute atomic E-state index is 11.8. The summed E-state index contributed by atoms with van der Waals surface area (Å²) in [7, 11) is 0. The summed E-state index contributed by atoms with van der Waals surface area (Å²) in [6.45, 7) is 6.28. The van der Waals surface area contributed by atoms with Crippen molar-refractivity contribution in [2.75, 3.05) is 32.7 Å². The third-order valence-electron chi connectivity index (χ3n) is 4.01. The van der Waals surface area contributed by atoms with Crippen LogP contribution in [0.4, 0.5) is 4.79 Å². The number of urea groups is 1. The smallest absolute Gasteiger partial charge is 0.317 e. The SMILES string of the molecule is CCNC(=O)N1CCN(Cc2ncc(-c3cccc(Cl)c3)o2)CC1. The molecule has 6 nitrogen and oxygen atoms in total. The number of halogens is 1. The molecule has 1 N–H and O–H groups in total. The molecule has 1 aliphatic rings. The molecule has 0 aliphatic carbocycles. The fraction of sp³-hybridized carbons (Fsp3) is 0.412. The Balaban J connectivity index is 1.56. The van der Waals surface area contributed by atoms with Crippen molar-refractivity contribution in [2.45, 2.75) is 13.5 Å². The van der Waals surface area contributed by atoms with Gasteiger partial charge in [0.2, 0.25) is 5.89 Å². The quantitative estimate of drug-likeness (QED) is 0.923. The maximum Gasteiger partial charge on any atom is 0.317 e. The molecule has 0 saturated carbocycles. The van der Waals surface area contributed by atoms with Gasteiger partial charge in [0.05, 0.1) is 12.7 Å². The van der Waals surface area contributed by atoms with E-state index in [9.17, 15) is 4.79 Å². The molecule has 0 radical (unpaired) electrons. The molecule has 1 saturated heterocycles. The van der Waals surface area contributed by atoms with Gasteiger partial charge in [-0.05, 0) is 19.1 Å². The third-order valence-corrected chi connectivity index (χ3v) is 4.24. The highest BCUT2D eigenvalue weighted by atomic mass is 35.5. The van der Waals surface area contributed by atoms with Crippen LogP contribution in [0.5, 0.6) is 0 Å². The van der Waals surface area contributed by atoms with Crippen LogP contribution in [0.25, 0.3) is 11.3 Å². The van der Waals surface area contributed by atoms with Gasteiger partial charge in [-0.1, -0.05) is 23.7 Å². The topological polar surface area (TPSA) is 61.6 Å². The molecule has 128 valence electrons. The second-order valence-electron chi connectivity index (χ2n) is 5.73.